The second-order valence-corrected chi connectivity index (χ2v) is 7.18. The van der Waals surface area contributed by atoms with E-state index in [2.05, 4.69) is 17.0 Å². The van der Waals surface area contributed by atoms with Crippen molar-refractivity contribution in [2.45, 2.75) is 25.8 Å². The van der Waals surface area contributed by atoms with Gasteiger partial charge in [0, 0.05) is 19.6 Å². The highest BCUT2D eigenvalue weighted by atomic mass is 16.5. The molecule has 4 rings (SSSR count). The first kappa shape index (κ1) is 17.7. The van der Waals surface area contributed by atoms with Crippen molar-refractivity contribution in [1.29, 1.82) is 0 Å². The average molecular weight is 364 g/mol. The van der Waals surface area contributed by atoms with Crippen LogP contribution in [0.3, 0.4) is 0 Å². The summed E-state index contributed by atoms with van der Waals surface area (Å²) in [6, 6.07) is 13.4. The lowest BCUT2D eigenvalue weighted by Crippen LogP contribution is -2.33. The molecule has 0 aliphatic carbocycles. The number of unbranched alkanes of at least 4 members (excludes halogenated alkanes) is 1. The fourth-order valence-electron chi connectivity index (χ4n) is 3.96. The summed E-state index contributed by atoms with van der Waals surface area (Å²) < 4.78 is 5.33. The Labute approximate surface area is 159 Å². The van der Waals surface area contributed by atoms with Crippen LogP contribution in [-0.2, 0) is 13.0 Å². The van der Waals surface area contributed by atoms with Gasteiger partial charge >= 0.3 is 0 Å². The van der Waals surface area contributed by atoms with E-state index in [1.54, 1.807) is 31.4 Å². The minimum absolute atomic E-state index is 0.158. The third kappa shape index (κ3) is 3.47. The number of rotatable bonds is 6. The van der Waals surface area contributed by atoms with Crippen LogP contribution < -0.4 is 4.74 Å². The first-order valence-electron chi connectivity index (χ1n) is 9.51. The summed E-state index contributed by atoms with van der Waals surface area (Å²) in [4.78, 5) is 28.6. The van der Waals surface area contributed by atoms with Crippen LogP contribution >= 0.6 is 0 Å². The quantitative estimate of drug-likeness (QED) is 0.584. The number of amides is 2. The number of nitrogens with zero attached hydrogens (tertiary/aromatic N) is 2. The van der Waals surface area contributed by atoms with Gasteiger partial charge in [-0.25, -0.2) is 0 Å². The van der Waals surface area contributed by atoms with Gasteiger partial charge < -0.3 is 4.74 Å². The van der Waals surface area contributed by atoms with Crippen LogP contribution in [0.2, 0.25) is 0 Å². The SMILES string of the molecule is COc1ccc2c(c1)CN(CCCCN1C(=O)c3ccccc3C1=O)CC2. The van der Waals surface area contributed by atoms with E-state index in [4.69, 9.17) is 4.74 Å². The van der Waals surface area contributed by atoms with Crippen LogP contribution in [0.15, 0.2) is 42.5 Å². The maximum absolute atomic E-state index is 12.4. The highest BCUT2D eigenvalue weighted by Crippen LogP contribution is 2.25. The van der Waals surface area contributed by atoms with Gasteiger partial charge in [-0.3, -0.25) is 19.4 Å². The predicted molar refractivity (Wildman–Crippen MR) is 103 cm³/mol. The van der Waals surface area contributed by atoms with E-state index in [9.17, 15) is 9.59 Å². The lowest BCUT2D eigenvalue weighted by molar-refractivity contribution is 0.0650. The molecule has 27 heavy (non-hydrogen) atoms. The van der Waals surface area contributed by atoms with Gasteiger partial charge in [0.1, 0.15) is 5.75 Å². The van der Waals surface area contributed by atoms with Gasteiger partial charge in [-0.2, -0.15) is 0 Å². The largest absolute Gasteiger partial charge is 0.497 e. The Hall–Kier alpha value is -2.66. The second-order valence-electron chi connectivity index (χ2n) is 7.18. The van der Waals surface area contributed by atoms with Gasteiger partial charge in [0.25, 0.3) is 11.8 Å². The highest BCUT2D eigenvalue weighted by molar-refractivity contribution is 6.21. The van der Waals surface area contributed by atoms with Gasteiger partial charge in [-0.1, -0.05) is 18.2 Å². The molecule has 0 aromatic heterocycles. The molecule has 2 aliphatic rings. The van der Waals surface area contributed by atoms with Crippen LogP contribution in [-0.4, -0.2) is 48.4 Å². The van der Waals surface area contributed by atoms with Gasteiger partial charge in [0.05, 0.1) is 18.2 Å². The summed E-state index contributed by atoms with van der Waals surface area (Å²) in [5.74, 6) is 0.588. The minimum atomic E-state index is -0.158. The molecule has 0 radical (unpaired) electrons. The van der Waals surface area contributed by atoms with Gasteiger partial charge in [-0.15, -0.1) is 0 Å². The molecule has 0 bridgehead atoms. The highest BCUT2D eigenvalue weighted by Gasteiger charge is 2.34. The molecule has 0 spiro atoms. The number of carbonyl (C=O) groups is 2. The lowest BCUT2D eigenvalue weighted by Gasteiger charge is -2.29. The molecule has 140 valence electrons. The Morgan fingerprint density at radius 2 is 1.63 bits per heavy atom. The summed E-state index contributed by atoms with van der Waals surface area (Å²) >= 11 is 0. The van der Waals surface area contributed by atoms with Gasteiger partial charge in [0.2, 0.25) is 0 Å². The number of carbonyl (C=O) groups excluding carboxylic acids is 2. The molecule has 2 aromatic rings. The maximum Gasteiger partial charge on any atom is 0.261 e. The third-order valence-corrected chi connectivity index (χ3v) is 5.49. The van der Waals surface area contributed by atoms with Crippen molar-refractivity contribution >= 4 is 11.8 Å². The number of ether oxygens (including phenoxy) is 1. The summed E-state index contributed by atoms with van der Waals surface area (Å²) in [6.07, 6.45) is 2.84. The van der Waals surface area contributed by atoms with E-state index in [1.165, 1.54) is 16.0 Å². The fourth-order valence-corrected chi connectivity index (χ4v) is 3.96. The molecule has 5 nitrogen and oxygen atoms in total. The number of methoxy groups -OCH3 is 1. The molecule has 2 aliphatic heterocycles. The van der Waals surface area contributed by atoms with Crippen LogP contribution in [0, 0.1) is 0 Å². The van der Waals surface area contributed by atoms with Crippen LogP contribution in [0.25, 0.3) is 0 Å². The van der Waals surface area contributed by atoms with Crippen LogP contribution in [0.1, 0.15) is 44.7 Å². The zero-order valence-corrected chi connectivity index (χ0v) is 15.6. The maximum atomic E-state index is 12.4. The number of benzene rings is 2. The smallest absolute Gasteiger partial charge is 0.261 e. The predicted octanol–water partition coefficient (Wildman–Crippen LogP) is 3.13. The summed E-state index contributed by atoms with van der Waals surface area (Å²) in [6.45, 7) is 3.44. The standard InChI is InChI=1S/C22H24N2O3/c1-27-18-9-8-16-10-13-23(15-17(16)14-18)11-4-5-12-24-21(25)19-6-2-3-7-20(19)22(24)26/h2-3,6-9,14H,4-5,10-13,15H2,1H3. The molecule has 0 atom stereocenters. The molecule has 2 amide bonds. The van der Waals surface area contributed by atoms with Crippen LogP contribution in [0.4, 0.5) is 0 Å². The average Bonchev–Trinajstić information content (AvgIpc) is 2.95. The molecule has 2 heterocycles. The Morgan fingerprint density at radius 1 is 0.926 bits per heavy atom. The molecule has 0 N–H and O–H groups in total. The first-order chi connectivity index (χ1) is 13.2. The molecule has 0 unspecified atom stereocenters. The van der Waals surface area contributed by atoms with Crippen molar-refractivity contribution < 1.29 is 14.3 Å². The third-order valence-electron chi connectivity index (χ3n) is 5.49. The van der Waals surface area contributed by atoms with E-state index in [0.29, 0.717) is 17.7 Å². The van der Waals surface area contributed by atoms with Gasteiger partial charge in [-0.05, 0) is 61.2 Å². The molecule has 0 saturated heterocycles. The van der Waals surface area contributed by atoms with Crippen molar-refractivity contribution in [3.05, 3.63) is 64.7 Å². The number of hydrogen-bond donors (Lipinski definition) is 0. The first-order valence-corrected chi connectivity index (χ1v) is 9.51. The second kappa shape index (κ2) is 7.53. The van der Waals surface area contributed by atoms with Crippen molar-refractivity contribution in [3.63, 3.8) is 0 Å². The molecule has 0 saturated carbocycles. The number of hydrogen-bond acceptors (Lipinski definition) is 4. The number of imide groups is 1. The fraction of sp³-hybridized carbons (Fsp3) is 0.364. The van der Waals surface area contributed by atoms with E-state index >= 15 is 0 Å². The monoisotopic (exact) mass is 364 g/mol. The summed E-state index contributed by atoms with van der Waals surface area (Å²) in [5.41, 5.74) is 3.80. The van der Waals surface area contributed by atoms with E-state index in [1.807, 2.05) is 6.07 Å². The molecule has 5 heteroatoms. The Morgan fingerprint density at radius 3 is 2.33 bits per heavy atom. The van der Waals surface area contributed by atoms with Crippen molar-refractivity contribution in [3.8, 4) is 5.75 Å². The molecular formula is C22H24N2O3. The Balaban J connectivity index is 1.28. The van der Waals surface area contributed by atoms with E-state index < -0.39 is 0 Å². The van der Waals surface area contributed by atoms with Crippen molar-refractivity contribution in [1.82, 2.24) is 9.80 Å². The van der Waals surface area contributed by atoms with E-state index in [0.717, 1.165) is 44.6 Å². The molecular weight excluding hydrogens is 340 g/mol. The molecule has 2 aromatic carbocycles. The molecule has 0 fully saturated rings. The zero-order valence-electron chi connectivity index (χ0n) is 15.6. The summed E-state index contributed by atoms with van der Waals surface area (Å²) in [7, 11) is 1.70. The topological polar surface area (TPSA) is 49.9 Å². The normalized spacial score (nSPS) is 16.4. The zero-order chi connectivity index (χ0) is 18.8. The minimum Gasteiger partial charge on any atom is -0.497 e. The van der Waals surface area contributed by atoms with Crippen molar-refractivity contribution in [2.75, 3.05) is 26.7 Å². The lowest BCUT2D eigenvalue weighted by atomic mass is 9.99. The number of fused-ring (bicyclic) bond motifs is 2. The van der Waals surface area contributed by atoms with Gasteiger partial charge in [0.15, 0.2) is 0 Å². The summed E-state index contributed by atoms with van der Waals surface area (Å²) in [5, 5.41) is 0. The Bertz CT molecular complexity index is 843. The Kier molecular flexibility index (Phi) is 4.94. The van der Waals surface area contributed by atoms with E-state index in [-0.39, 0.29) is 11.8 Å². The van der Waals surface area contributed by atoms with Crippen LogP contribution in [0.5, 0.6) is 5.75 Å². The van der Waals surface area contributed by atoms with Crippen molar-refractivity contribution in [2.24, 2.45) is 0 Å².